The lowest BCUT2D eigenvalue weighted by atomic mass is 9.69. The minimum absolute atomic E-state index is 0.00359. The normalized spacial score (nSPS) is 18.9. The van der Waals surface area contributed by atoms with E-state index >= 15 is 0 Å². The molecule has 7 rings (SSSR count). The molecule has 0 saturated carbocycles. The van der Waals surface area contributed by atoms with Gasteiger partial charge in [-0.15, -0.1) is 5.10 Å². The molecular formula is C84H154N4O8. The van der Waals surface area contributed by atoms with Crippen LogP contribution in [0.2, 0.25) is 0 Å². The highest BCUT2D eigenvalue weighted by atomic mass is 16.7. The first kappa shape index (κ1) is 89.7. The number of rotatable bonds is 0. The lowest BCUT2D eigenvalue weighted by molar-refractivity contribution is -0.135. The molecule has 0 radical (unpaired) electrons. The Balaban J connectivity index is 0.000000560. The molecule has 0 fully saturated rings. The van der Waals surface area contributed by atoms with Gasteiger partial charge in [0.25, 0.3) is 0 Å². The molecule has 0 aromatic carbocycles. The van der Waals surface area contributed by atoms with Crippen LogP contribution in [-0.2, 0) is 55.8 Å². The molecule has 6 aliphatic heterocycles. The number of ether oxygens (including phenoxy) is 8. The number of hydrogen-bond donors (Lipinski definition) is 0. The summed E-state index contributed by atoms with van der Waals surface area (Å²) < 4.78 is 47.5. The van der Waals surface area contributed by atoms with Crippen LogP contribution in [0.5, 0.6) is 0 Å². The van der Waals surface area contributed by atoms with Gasteiger partial charge in [0.2, 0.25) is 19.4 Å². The van der Waals surface area contributed by atoms with Gasteiger partial charge in [0.1, 0.15) is 46.1 Å². The Morgan fingerprint density at radius 1 is 0.344 bits per heavy atom. The van der Waals surface area contributed by atoms with Gasteiger partial charge in [0, 0.05) is 111 Å². The summed E-state index contributed by atoms with van der Waals surface area (Å²) in [5.41, 5.74) is 9.81. The van der Waals surface area contributed by atoms with Crippen LogP contribution in [0.25, 0.3) is 0 Å². The van der Waals surface area contributed by atoms with Gasteiger partial charge >= 0.3 is 0 Å². The van der Waals surface area contributed by atoms with Crippen LogP contribution < -0.4 is 0 Å². The van der Waals surface area contributed by atoms with Crippen LogP contribution in [0, 0.1) is 70.4 Å². The van der Waals surface area contributed by atoms with Crippen molar-refractivity contribution in [3.63, 3.8) is 0 Å². The summed E-state index contributed by atoms with van der Waals surface area (Å²) in [5, 5.41) is 8.38. The molecule has 1 aromatic rings. The first-order valence-electron chi connectivity index (χ1n) is 36.0. The first-order chi connectivity index (χ1) is 41.9. The van der Waals surface area contributed by atoms with E-state index in [4.69, 9.17) is 37.9 Å². The Kier molecular flexibility index (Phi) is 28.5. The second kappa shape index (κ2) is 30.5. The fourth-order valence-electron chi connectivity index (χ4n) is 12.3. The number of aryl methyl sites for hydroxylation is 1. The molecule has 0 unspecified atom stereocenters. The molecule has 12 heteroatoms. The molecule has 0 atom stereocenters. The van der Waals surface area contributed by atoms with Gasteiger partial charge in [-0.05, 0) is 33.0 Å². The average molecular weight is 1350 g/mol. The van der Waals surface area contributed by atoms with Crippen molar-refractivity contribution in [3.05, 3.63) is 79.9 Å². The van der Waals surface area contributed by atoms with Crippen LogP contribution in [0.3, 0.4) is 0 Å². The quantitative estimate of drug-likeness (QED) is 0.249. The summed E-state index contributed by atoms with van der Waals surface area (Å²) in [6, 6.07) is 0. The van der Waals surface area contributed by atoms with Crippen LogP contribution in [0.1, 0.15) is 343 Å². The molecule has 0 saturated heterocycles. The third-order valence-electron chi connectivity index (χ3n) is 16.3. The summed E-state index contributed by atoms with van der Waals surface area (Å²) in [6.45, 7) is 103. The van der Waals surface area contributed by atoms with Crippen LogP contribution in [-0.4, -0.2) is 53.8 Å². The molecule has 0 aliphatic carbocycles. The molecule has 6 aliphatic rings. The van der Waals surface area contributed by atoms with Crippen molar-refractivity contribution in [1.29, 1.82) is 0 Å². The minimum atomic E-state index is -0.523. The third-order valence-corrected chi connectivity index (χ3v) is 16.3. The van der Waals surface area contributed by atoms with Crippen molar-refractivity contribution >= 4 is 6.21 Å². The molecule has 1 aromatic heterocycles. The fourth-order valence-corrected chi connectivity index (χ4v) is 12.3. The SMILES string of the molecule is CC(C)(C)C1=C(C(C)(C)C)C(C)(C)CO1.CC(C)(C)C1=C(C(C)(C)C)N=CC1.CC(C)(C)C1=C(C(C)(C)C)OCC1.CC(C)(C)C1=C(C(C)(C)C)OCO1.CC(C)(C)C1=C(C(C)(C)C)OCO1.CC1(C)OC(C(C)(C)C)=C(C(C)(C)C)O1.Cn1nnc(C(C)(C)C)c1C(C)(C)C. The van der Waals surface area contributed by atoms with Gasteiger partial charge in [-0.25, -0.2) is 0 Å². The van der Waals surface area contributed by atoms with Crippen molar-refractivity contribution in [1.82, 2.24) is 15.0 Å². The van der Waals surface area contributed by atoms with E-state index in [1.807, 2.05) is 31.8 Å². The molecule has 0 spiro atoms. The van der Waals surface area contributed by atoms with Crippen LogP contribution in [0.4, 0.5) is 0 Å². The van der Waals surface area contributed by atoms with E-state index in [2.05, 4.69) is 320 Å². The molecule has 12 nitrogen and oxygen atoms in total. The van der Waals surface area contributed by atoms with Gasteiger partial charge in [-0.1, -0.05) is 310 Å². The Hall–Kier alpha value is -4.35. The maximum absolute atomic E-state index is 5.95. The van der Waals surface area contributed by atoms with Crippen molar-refractivity contribution in [2.75, 3.05) is 26.8 Å². The molecule has 0 amide bonds. The fraction of sp³-hybridized carbons (Fsp3) is 0.821. The van der Waals surface area contributed by atoms with Crippen molar-refractivity contribution in [2.24, 2.45) is 82.4 Å². The Labute approximate surface area is 593 Å². The summed E-state index contributed by atoms with van der Waals surface area (Å²) in [6.07, 6.45) is 4.19. The highest BCUT2D eigenvalue weighted by Gasteiger charge is 2.46. The highest BCUT2D eigenvalue weighted by Crippen LogP contribution is 2.52. The molecule has 558 valence electrons. The lowest BCUT2D eigenvalue weighted by Crippen LogP contribution is -2.26. The first-order valence-corrected chi connectivity index (χ1v) is 36.0. The number of allylic oxidation sites excluding steroid dienone is 10. The zero-order valence-corrected chi connectivity index (χ0v) is 71.9. The largest absolute Gasteiger partial charge is 0.497 e. The van der Waals surface area contributed by atoms with Gasteiger partial charge in [-0.3, -0.25) is 9.67 Å². The molecule has 0 N–H and O–H groups in total. The van der Waals surface area contributed by atoms with Gasteiger partial charge in [-0.2, -0.15) is 0 Å². The minimum Gasteiger partial charge on any atom is -0.497 e. The van der Waals surface area contributed by atoms with E-state index in [9.17, 15) is 0 Å². The molecule has 96 heavy (non-hydrogen) atoms. The van der Waals surface area contributed by atoms with E-state index in [1.165, 1.54) is 39.6 Å². The molecular weight excluding hydrogens is 1190 g/mol. The zero-order valence-electron chi connectivity index (χ0n) is 71.9. The summed E-state index contributed by atoms with van der Waals surface area (Å²) in [4.78, 5) is 4.51. The Bertz CT molecular complexity index is 2720. The Morgan fingerprint density at radius 2 is 0.677 bits per heavy atom. The maximum atomic E-state index is 5.95. The third kappa shape index (κ3) is 26.6. The van der Waals surface area contributed by atoms with Gasteiger partial charge in [0.15, 0.2) is 0 Å². The van der Waals surface area contributed by atoms with Crippen LogP contribution in [0.15, 0.2) is 73.5 Å². The Morgan fingerprint density at radius 3 is 0.906 bits per heavy atom. The summed E-state index contributed by atoms with van der Waals surface area (Å²) in [5.74, 6) is 7.88. The molecule has 7 heterocycles. The number of nitrogens with zero attached hydrogens (tertiary/aromatic N) is 4. The van der Waals surface area contributed by atoms with Gasteiger partial charge < -0.3 is 37.9 Å². The standard InChI is InChI=1S/C14H26O.C13H24O2.C12H21N.C12H22O.C11H21N3.2C11H20O2/c1-12(2,3)10-11(13(4,5)6)15-9-14(10,7)8;1-11(2,3)9-10(12(4,5)6)15-13(7,8)14-9;2*1-11(2,3)9-7-8-13-10(9)12(4,5)6;1-10(2,3)8-9(11(4,5)6)14(7)13-12-8;2*1-10(2,3)8-9(11(4,5)6)13-7-12-8/h9H2,1-8H3;1-8H3;8H,7H2,1-6H3;7-8H2,1-6H3;1-7H3;2*7H2,1-6H3. The zero-order chi connectivity index (χ0) is 76.4. The highest BCUT2D eigenvalue weighted by molar-refractivity contribution is 5.68. The smallest absolute Gasteiger partial charge is 0.245 e. The second-order valence-corrected chi connectivity index (χ2v) is 42.9. The van der Waals surface area contributed by atoms with E-state index in [0.717, 1.165) is 66.3 Å². The topological polar surface area (TPSA) is 117 Å². The van der Waals surface area contributed by atoms with Crippen molar-refractivity contribution in [3.8, 4) is 0 Å². The van der Waals surface area contributed by atoms with Crippen molar-refractivity contribution < 1.29 is 37.9 Å². The predicted molar refractivity (Wildman–Crippen MR) is 408 cm³/mol. The maximum Gasteiger partial charge on any atom is 0.245 e. The number of hydrogen-bond acceptors (Lipinski definition) is 11. The average Bonchev–Trinajstić information content (AvgIpc) is 1.61. The van der Waals surface area contributed by atoms with E-state index in [-0.39, 0.29) is 81.2 Å². The van der Waals surface area contributed by atoms with Crippen molar-refractivity contribution in [2.45, 2.75) is 348 Å². The monoisotopic (exact) mass is 1350 g/mol. The van der Waals surface area contributed by atoms with E-state index in [0.29, 0.717) is 13.6 Å². The molecule has 0 bridgehead atoms. The summed E-state index contributed by atoms with van der Waals surface area (Å²) >= 11 is 0. The predicted octanol–water partition coefficient (Wildman–Crippen LogP) is 25.0. The van der Waals surface area contributed by atoms with E-state index in [1.54, 1.807) is 0 Å². The summed E-state index contributed by atoms with van der Waals surface area (Å²) in [7, 11) is 1.96. The van der Waals surface area contributed by atoms with Gasteiger partial charge in [0.05, 0.1) is 24.6 Å². The van der Waals surface area contributed by atoms with Crippen LogP contribution >= 0.6 is 0 Å². The second-order valence-electron chi connectivity index (χ2n) is 42.9. The number of aromatic nitrogens is 3. The lowest BCUT2D eigenvalue weighted by Gasteiger charge is -2.33. The van der Waals surface area contributed by atoms with E-state index < -0.39 is 5.79 Å². The number of aliphatic imine (C=N–C) groups is 1.